The summed E-state index contributed by atoms with van der Waals surface area (Å²) in [5, 5.41) is 8.00. The molecule has 0 amide bonds. The van der Waals surface area contributed by atoms with Crippen LogP contribution in [0.25, 0.3) is 0 Å². The highest BCUT2D eigenvalue weighted by atomic mass is 16.7. The van der Waals surface area contributed by atoms with Crippen LogP contribution in [-0.4, -0.2) is 26.4 Å². The summed E-state index contributed by atoms with van der Waals surface area (Å²) in [5.74, 6) is 5.09. The minimum Gasteiger partial charge on any atom is -0.371 e. The maximum Gasteiger partial charge on any atom is 0.355 e. The van der Waals surface area contributed by atoms with E-state index in [2.05, 4.69) is 37.0 Å². The van der Waals surface area contributed by atoms with Crippen LogP contribution in [0.15, 0.2) is 10.3 Å². The van der Waals surface area contributed by atoms with E-state index in [0.29, 0.717) is 0 Å². The predicted molar refractivity (Wildman–Crippen MR) is 84.4 cm³/mol. The SMILES string of the molecule is CCCC(C)=NOc1nc(ON)nc(ON=C2CCCCC2)n1. The average molecular weight is 322 g/mol. The highest BCUT2D eigenvalue weighted by molar-refractivity contribution is 5.84. The topological polar surface area (TPSA) is 117 Å². The lowest BCUT2D eigenvalue weighted by molar-refractivity contribution is 0.246. The zero-order valence-electron chi connectivity index (χ0n) is 13.5. The Morgan fingerprint density at radius 2 is 1.70 bits per heavy atom. The lowest BCUT2D eigenvalue weighted by atomic mass is 9.99. The normalized spacial score (nSPS) is 15.3. The van der Waals surface area contributed by atoms with Gasteiger partial charge in [-0.05, 0) is 39.0 Å². The molecule has 1 fully saturated rings. The van der Waals surface area contributed by atoms with E-state index in [9.17, 15) is 0 Å². The number of rotatable bonds is 7. The summed E-state index contributed by atoms with van der Waals surface area (Å²) in [7, 11) is 0. The molecule has 9 heteroatoms. The third kappa shape index (κ3) is 5.78. The molecule has 0 aromatic carbocycles. The molecule has 1 aliphatic carbocycles. The average Bonchev–Trinajstić information content (AvgIpc) is 2.59. The van der Waals surface area contributed by atoms with E-state index < -0.39 is 0 Å². The molecule has 1 aromatic rings. The third-order valence-electron chi connectivity index (χ3n) is 3.26. The zero-order valence-corrected chi connectivity index (χ0v) is 13.5. The van der Waals surface area contributed by atoms with Crippen LogP contribution < -0.4 is 20.4 Å². The Morgan fingerprint density at radius 1 is 1.04 bits per heavy atom. The Kier molecular flexibility index (Phi) is 6.67. The summed E-state index contributed by atoms with van der Waals surface area (Å²) in [6, 6.07) is -0.233. The first-order valence-corrected chi connectivity index (χ1v) is 7.77. The Balaban J connectivity index is 2.06. The van der Waals surface area contributed by atoms with Gasteiger partial charge in [-0.1, -0.05) is 30.1 Å². The van der Waals surface area contributed by atoms with Gasteiger partial charge in [0, 0.05) is 0 Å². The summed E-state index contributed by atoms with van der Waals surface area (Å²) >= 11 is 0. The number of hydrogen-bond acceptors (Lipinski definition) is 9. The second-order valence-corrected chi connectivity index (χ2v) is 5.28. The second-order valence-electron chi connectivity index (χ2n) is 5.28. The van der Waals surface area contributed by atoms with Crippen molar-refractivity contribution in [3.05, 3.63) is 0 Å². The van der Waals surface area contributed by atoms with Gasteiger partial charge < -0.3 is 14.5 Å². The Hall–Kier alpha value is -2.29. The molecule has 0 spiro atoms. The highest BCUT2D eigenvalue weighted by Crippen LogP contribution is 2.17. The molecular weight excluding hydrogens is 300 g/mol. The van der Waals surface area contributed by atoms with Crippen LogP contribution in [0.3, 0.4) is 0 Å². The lowest BCUT2D eigenvalue weighted by Gasteiger charge is -2.10. The number of hydrogen-bond donors (Lipinski definition) is 1. The molecule has 2 rings (SSSR count). The standard InChI is InChI=1S/C14H22N6O3/c1-3-7-10(2)19-22-13-16-12(21-15)17-14(18-13)23-20-11-8-5-4-6-9-11/h3-9,15H2,1-2H3. The van der Waals surface area contributed by atoms with Crippen molar-refractivity contribution >= 4 is 11.4 Å². The van der Waals surface area contributed by atoms with Crippen LogP contribution in [0.1, 0.15) is 58.8 Å². The zero-order chi connectivity index (χ0) is 16.5. The molecule has 0 bridgehead atoms. The number of oxime groups is 2. The van der Waals surface area contributed by atoms with Gasteiger partial charge in [0.2, 0.25) is 0 Å². The van der Waals surface area contributed by atoms with E-state index >= 15 is 0 Å². The van der Waals surface area contributed by atoms with Crippen LogP contribution in [-0.2, 0) is 0 Å². The summed E-state index contributed by atoms with van der Waals surface area (Å²) in [4.78, 5) is 26.6. The number of nitrogens with zero attached hydrogens (tertiary/aromatic N) is 5. The monoisotopic (exact) mass is 322 g/mol. The minimum atomic E-state index is -0.128. The maximum absolute atomic E-state index is 5.24. The van der Waals surface area contributed by atoms with Gasteiger partial charge in [0.25, 0.3) is 0 Å². The van der Waals surface area contributed by atoms with Crippen LogP contribution in [0.2, 0.25) is 0 Å². The molecule has 1 heterocycles. The van der Waals surface area contributed by atoms with Crippen molar-refractivity contribution < 1.29 is 14.5 Å². The Labute approximate surface area is 134 Å². The molecule has 126 valence electrons. The van der Waals surface area contributed by atoms with Gasteiger partial charge >= 0.3 is 18.0 Å². The van der Waals surface area contributed by atoms with Crippen molar-refractivity contribution in [2.24, 2.45) is 16.2 Å². The van der Waals surface area contributed by atoms with Crippen LogP contribution in [0.5, 0.6) is 18.0 Å². The molecule has 0 unspecified atom stereocenters. The van der Waals surface area contributed by atoms with Crippen molar-refractivity contribution in [1.29, 1.82) is 0 Å². The van der Waals surface area contributed by atoms with Gasteiger partial charge in [0.1, 0.15) is 0 Å². The van der Waals surface area contributed by atoms with Gasteiger partial charge in [-0.25, -0.2) is 0 Å². The van der Waals surface area contributed by atoms with Crippen LogP contribution in [0, 0.1) is 0 Å². The Bertz CT molecular complexity index is 568. The van der Waals surface area contributed by atoms with Gasteiger partial charge in [-0.15, -0.1) is 15.0 Å². The number of nitrogens with two attached hydrogens (primary N) is 1. The molecule has 0 atom stereocenters. The largest absolute Gasteiger partial charge is 0.371 e. The van der Waals surface area contributed by atoms with E-state index in [-0.39, 0.29) is 18.0 Å². The maximum atomic E-state index is 5.24. The molecule has 1 aromatic heterocycles. The van der Waals surface area contributed by atoms with Gasteiger partial charge in [-0.3, -0.25) is 0 Å². The fourth-order valence-electron chi connectivity index (χ4n) is 2.14. The van der Waals surface area contributed by atoms with Gasteiger partial charge in [0.15, 0.2) is 0 Å². The van der Waals surface area contributed by atoms with Gasteiger partial charge in [-0.2, -0.15) is 5.90 Å². The summed E-state index contributed by atoms with van der Waals surface area (Å²) < 4.78 is 0. The first kappa shape index (κ1) is 17.1. The summed E-state index contributed by atoms with van der Waals surface area (Å²) in [6.07, 6.45) is 7.11. The van der Waals surface area contributed by atoms with Crippen molar-refractivity contribution in [3.63, 3.8) is 0 Å². The molecule has 23 heavy (non-hydrogen) atoms. The van der Waals surface area contributed by atoms with Crippen molar-refractivity contribution in [1.82, 2.24) is 15.0 Å². The van der Waals surface area contributed by atoms with Crippen LogP contribution >= 0.6 is 0 Å². The Morgan fingerprint density at radius 3 is 2.35 bits per heavy atom. The van der Waals surface area contributed by atoms with Crippen LogP contribution in [0.4, 0.5) is 0 Å². The number of aromatic nitrogens is 3. The van der Waals surface area contributed by atoms with Crippen molar-refractivity contribution in [3.8, 4) is 18.0 Å². The van der Waals surface area contributed by atoms with Crippen molar-refractivity contribution in [2.75, 3.05) is 0 Å². The molecular formula is C14H22N6O3. The fraction of sp³-hybridized carbons (Fsp3) is 0.643. The minimum absolute atomic E-state index is 0.0446. The van der Waals surface area contributed by atoms with Gasteiger partial charge in [0.05, 0.1) is 11.4 Å². The second kappa shape index (κ2) is 8.99. The van der Waals surface area contributed by atoms with E-state index in [4.69, 9.17) is 15.6 Å². The van der Waals surface area contributed by atoms with Crippen molar-refractivity contribution in [2.45, 2.75) is 58.8 Å². The molecule has 2 N–H and O–H groups in total. The highest BCUT2D eigenvalue weighted by Gasteiger charge is 2.12. The fourth-order valence-corrected chi connectivity index (χ4v) is 2.14. The lowest BCUT2D eigenvalue weighted by Crippen LogP contribution is -2.10. The smallest absolute Gasteiger partial charge is 0.355 e. The predicted octanol–water partition coefficient (Wildman–Crippen LogP) is 2.38. The van der Waals surface area contributed by atoms with E-state index in [1.807, 2.05) is 6.92 Å². The molecule has 1 aliphatic rings. The summed E-state index contributed by atoms with van der Waals surface area (Å²) in [6.45, 7) is 3.91. The van der Waals surface area contributed by atoms with E-state index in [0.717, 1.165) is 49.9 Å². The van der Waals surface area contributed by atoms with E-state index in [1.165, 1.54) is 6.42 Å². The first-order chi connectivity index (χ1) is 11.2. The quantitative estimate of drug-likeness (QED) is 0.605. The molecule has 0 saturated heterocycles. The molecule has 0 aliphatic heterocycles. The van der Waals surface area contributed by atoms with E-state index in [1.54, 1.807) is 0 Å². The molecule has 9 nitrogen and oxygen atoms in total. The summed E-state index contributed by atoms with van der Waals surface area (Å²) in [5.41, 5.74) is 1.82. The molecule has 0 radical (unpaired) electrons. The third-order valence-corrected chi connectivity index (χ3v) is 3.26. The molecule has 1 saturated carbocycles. The first-order valence-electron chi connectivity index (χ1n) is 7.77.